The van der Waals surface area contributed by atoms with Gasteiger partial charge in [-0.3, -0.25) is 4.79 Å². The third-order valence-corrected chi connectivity index (χ3v) is 3.79. The lowest BCUT2D eigenvalue weighted by molar-refractivity contribution is -0.137. The Morgan fingerprint density at radius 1 is 1.26 bits per heavy atom. The molecule has 0 spiro atoms. The number of urea groups is 1. The highest BCUT2D eigenvalue weighted by atomic mass is 19.1. The Hall–Kier alpha value is -2.11. The molecule has 6 heteroatoms. The molecule has 128 valence electrons. The average molecular weight is 324 g/mol. The zero-order valence-electron chi connectivity index (χ0n) is 13.9. The molecule has 1 rings (SSSR count). The van der Waals surface area contributed by atoms with Crippen LogP contribution in [0.15, 0.2) is 24.3 Å². The molecule has 2 N–H and O–H groups in total. The van der Waals surface area contributed by atoms with E-state index < -0.39 is 5.97 Å². The van der Waals surface area contributed by atoms with Crippen molar-refractivity contribution in [3.8, 4) is 0 Å². The van der Waals surface area contributed by atoms with Crippen molar-refractivity contribution in [2.45, 2.75) is 39.2 Å². The highest BCUT2D eigenvalue weighted by Gasteiger charge is 2.23. The average Bonchev–Trinajstić information content (AvgIpc) is 2.49. The van der Waals surface area contributed by atoms with Gasteiger partial charge in [-0.2, -0.15) is 0 Å². The van der Waals surface area contributed by atoms with Crippen LogP contribution < -0.4 is 5.32 Å². The number of amides is 2. The molecule has 23 heavy (non-hydrogen) atoms. The molecular formula is C17H25FN2O3. The van der Waals surface area contributed by atoms with E-state index in [1.165, 1.54) is 12.1 Å². The van der Waals surface area contributed by atoms with E-state index in [4.69, 9.17) is 5.11 Å². The van der Waals surface area contributed by atoms with Crippen LogP contribution in [0.1, 0.15) is 32.3 Å². The van der Waals surface area contributed by atoms with Gasteiger partial charge in [0.2, 0.25) is 0 Å². The van der Waals surface area contributed by atoms with Gasteiger partial charge in [0, 0.05) is 26.1 Å². The van der Waals surface area contributed by atoms with Crippen molar-refractivity contribution in [3.05, 3.63) is 35.6 Å². The second kappa shape index (κ2) is 9.12. The lowest BCUT2D eigenvalue weighted by atomic mass is 9.95. The number of carboxylic acids is 1. The molecule has 1 aromatic carbocycles. The number of nitrogens with one attached hydrogen (secondary N) is 1. The van der Waals surface area contributed by atoms with Gasteiger partial charge in [0.1, 0.15) is 5.82 Å². The number of aliphatic carboxylic acids is 1. The number of hydrogen-bond acceptors (Lipinski definition) is 2. The molecule has 2 amide bonds. The maximum Gasteiger partial charge on any atom is 0.317 e. The SMILES string of the molecule is CC(C)C(Cc1ccc(F)cc1)N(C)C(=O)NCCCC(=O)O. The van der Waals surface area contributed by atoms with Gasteiger partial charge in [0.25, 0.3) is 0 Å². The maximum atomic E-state index is 13.0. The van der Waals surface area contributed by atoms with E-state index in [0.717, 1.165) is 5.56 Å². The first-order valence-corrected chi connectivity index (χ1v) is 7.78. The number of carbonyl (C=O) groups excluding carboxylic acids is 1. The van der Waals surface area contributed by atoms with Crippen molar-refractivity contribution < 1.29 is 19.1 Å². The summed E-state index contributed by atoms with van der Waals surface area (Å²) in [7, 11) is 1.72. The minimum atomic E-state index is -0.871. The fourth-order valence-electron chi connectivity index (χ4n) is 2.39. The number of rotatable bonds is 8. The number of likely N-dealkylation sites (N-methyl/N-ethyl adjacent to an activating group) is 1. The fraction of sp³-hybridized carbons (Fsp3) is 0.529. The highest BCUT2D eigenvalue weighted by molar-refractivity contribution is 5.74. The normalized spacial score (nSPS) is 12.0. The molecule has 5 nitrogen and oxygen atoms in total. The zero-order chi connectivity index (χ0) is 17.4. The van der Waals surface area contributed by atoms with Gasteiger partial charge in [-0.1, -0.05) is 26.0 Å². The minimum absolute atomic E-state index is 0.0278. The first-order valence-electron chi connectivity index (χ1n) is 7.78. The maximum absolute atomic E-state index is 13.0. The molecule has 0 bridgehead atoms. The fourth-order valence-corrected chi connectivity index (χ4v) is 2.39. The Morgan fingerprint density at radius 2 is 1.87 bits per heavy atom. The van der Waals surface area contributed by atoms with Crippen molar-refractivity contribution >= 4 is 12.0 Å². The molecule has 0 aliphatic carbocycles. The zero-order valence-corrected chi connectivity index (χ0v) is 13.9. The summed E-state index contributed by atoms with van der Waals surface area (Å²) in [4.78, 5) is 24.3. The summed E-state index contributed by atoms with van der Waals surface area (Å²) < 4.78 is 13.0. The van der Waals surface area contributed by atoms with E-state index in [-0.39, 0.29) is 30.2 Å². The third-order valence-electron chi connectivity index (χ3n) is 3.79. The second-order valence-corrected chi connectivity index (χ2v) is 5.98. The minimum Gasteiger partial charge on any atom is -0.481 e. The molecule has 0 saturated heterocycles. The first-order chi connectivity index (χ1) is 10.8. The number of halogens is 1. The van der Waals surface area contributed by atoms with Crippen LogP contribution in [0.2, 0.25) is 0 Å². The van der Waals surface area contributed by atoms with Crippen LogP contribution in [-0.2, 0) is 11.2 Å². The Balaban J connectivity index is 2.59. The molecule has 0 heterocycles. The second-order valence-electron chi connectivity index (χ2n) is 5.98. The van der Waals surface area contributed by atoms with Gasteiger partial charge in [-0.05, 0) is 36.5 Å². The van der Waals surface area contributed by atoms with E-state index in [2.05, 4.69) is 5.32 Å². The van der Waals surface area contributed by atoms with Gasteiger partial charge >= 0.3 is 12.0 Å². The number of hydrogen-bond donors (Lipinski definition) is 2. The molecule has 0 aromatic heterocycles. The summed E-state index contributed by atoms with van der Waals surface area (Å²) >= 11 is 0. The van der Waals surface area contributed by atoms with Gasteiger partial charge < -0.3 is 15.3 Å². The van der Waals surface area contributed by atoms with Crippen LogP contribution in [-0.4, -0.2) is 41.6 Å². The van der Waals surface area contributed by atoms with Gasteiger partial charge in [-0.15, -0.1) is 0 Å². The van der Waals surface area contributed by atoms with E-state index in [1.54, 1.807) is 24.1 Å². The molecule has 1 atom stereocenters. The summed E-state index contributed by atoms with van der Waals surface area (Å²) in [6, 6.07) is 6.03. The predicted octanol–water partition coefficient (Wildman–Crippen LogP) is 2.90. The van der Waals surface area contributed by atoms with E-state index in [9.17, 15) is 14.0 Å². The summed E-state index contributed by atoms with van der Waals surface area (Å²) in [5, 5.41) is 11.3. The highest BCUT2D eigenvalue weighted by Crippen LogP contribution is 2.16. The number of benzene rings is 1. The molecule has 0 saturated carbocycles. The van der Waals surface area contributed by atoms with Gasteiger partial charge in [0.05, 0.1) is 0 Å². The van der Waals surface area contributed by atoms with E-state index in [1.807, 2.05) is 13.8 Å². The molecule has 0 fully saturated rings. The molecule has 0 radical (unpaired) electrons. The number of carboxylic acid groups (broad SMARTS) is 1. The molecule has 1 aromatic rings. The quantitative estimate of drug-likeness (QED) is 0.722. The van der Waals surface area contributed by atoms with Crippen molar-refractivity contribution in [1.29, 1.82) is 0 Å². The van der Waals surface area contributed by atoms with Crippen LogP contribution >= 0.6 is 0 Å². The topological polar surface area (TPSA) is 69.6 Å². The van der Waals surface area contributed by atoms with Crippen molar-refractivity contribution in [2.24, 2.45) is 5.92 Å². The number of nitrogens with zero attached hydrogens (tertiary/aromatic N) is 1. The summed E-state index contributed by atoms with van der Waals surface area (Å²) in [6.45, 7) is 4.39. The number of carbonyl (C=O) groups is 2. The van der Waals surface area contributed by atoms with Crippen molar-refractivity contribution in [3.63, 3.8) is 0 Å². The lowest BCUT2D eigenvalue weighted by Gasteiger charge is -2.31. The Morgan fingerprint density at radius 3 is 2.39 bits per heavy atom. The van der Waals surface area contributed by atoms with Crippen LogP contribution in [0.25, 0.3) is 0 Å². The largest absolute Gasteiger partial charge is 0.481 e. The van der Waals surface area contributed by atoms with Gasteiger partial charge in [0.15, 0.2) is 0 Å². The Labute approximate surface area is 136 Å². The molecule has 1 unspecified atom stereocenters. The van der Waals surface area contributed by atoms with Gasteiger partial charge in [-0.25, -0.2) is 9.18 Å². The predicted molar refractivity (Wildman–Crippen MR) is 86.8 cm³/mol. The lowest BCUT2D eigenvalue weighted by Crippen LogP contribution is -2.47. The monoisotopic (exact) mass is 324 g/mol. The standard InChI is InChI=1S/C17H25FN2O3/c1-12(2)15(11-13-6-8-14(18)9-7-13)20(3)17(23)19-10-4-5-16(21)22/h6-9,12,15H,4-5,10-11H2,1-3H3,(H,19,23)(H,21,22). The third kappa shape index (κ3) is 6.67. The Bertz CT molecular complexity index is 517. The van der Waals surface area contributed by atoms with Crippen LogP contribution in [0.5, 0.6) is 0 Å². The van der Waals surface area contributed by atoms with Crippen LogP contribution in [0, 0.1) is 11.7 Å². The summed E-state index contributed by atoms with van der Waals surface area (Å²) in [6.07, 6.45) is 1.07. The molecule has 0 aliphatic rings. The summed E-state index contributed by atoms with van der Waals surface area (Å²) in [5.74, 6) is -0.918. The first kappa shape index (κ1) is 18.9. The molecular weight excluding hydrogens is 299 g/mol. The van der Waals surface area contributed by atoms with E-state index in [0.29, 0.717) is 19.4 Å². The van der Waals surface area contributed by atoms with Crippen molar-refractivity contribution in [2.75, 3.05) is 13.6 Å². The molecule has 0 aliphatic heterocycles. The van der Waals surface area contributed by atoms with Crippen LogP contribution in [0.4, 0.5) is 9.18 Å². The smallest absolute Gasteiger partial charge is 0.317 e. The van der Waals surface area contributed by atoms with Crippen molar-refractivity contribution in [1.82, 2.24) is 10.2 Å². The van der Waals surface area contributed by atoms with Crippen LogP contribution in [0.3, 0.4) is 0 Å². The van der Waals surface area contributed by atoms with E-state index >= 15 is 0 Å². The summed E-state index contributed by atoms with van der Waals surface area (Å²) in [5.41, 5.74) is 0.968. The Kier molecular flexibility index (Phi) is 7.51.